The van der Waals surface area contributed by atoms with E-state index in [9.17, 15) is 4.79 Å². The van der Waals surface area contributed by atoms with Crippen LogP contribution < -0.4 is 5.32 Å². The quantitative estimate of drug-likeness (QED) is 0.834. The highest BCUT2D eigenvalue weighted by Gasteiger charge is 2.09. The topological polar surface area (TPSA) is 49.3 Å². The Kier molecular flexibility index (Phi) is 6.16. The van der Waals surface area contributed by atoms with Crippen molar-refractivity contribution < 1.29 is 9.90 Å². The van der Waals surface area contributed by atoms with Crippen LogP contribution >= 0.6 is 11.6 Å². The number of amides is 1. The number of hydrogen-bond donors (Lipinski definition) is 2. The molecule has 0 bridgehead atoms. The lowest BCUT2D eigenvalue weighted by Gasteiger charge is -2.13. The summed E-state index contributed by atoms with van der Waals surface area (Å²) in [7, 11) is 0. The standard InChI is InChI=1S/C14H20ClNO2/c1-3-12(9-17)16-14(18)7-6-11-5-4-10(2)13(15)8-11/h4-5,8,12,17H,3,6-7,9H2,1-2H3,(H,16,18)/t12-/m1/s1. The van der Waals surface area contributed by atoms with Gasteiger partial charge in [-0.1, -0.05) is 30.7 Å². The number of aliphatic hydroxyl groups is 1. The van der Waals surface area contributed by atoms with E-state index in [1.165, 1.54) is 0 Å². The van der Waals surface area contributed by atoms with E-state index in [4.69, 9.17) is 16.7 Å². The molecule has 0 heterocycles. The molecule has 0 saturated heterocycles. The molecule has 2 N–H and O–H groups in total. The second kappa shape index (κ2) is 7.39. The Labute approximate surface area is 113 Å². The normalized spacial score (nSPS) is 12.2. The van der Waals surface area contributed by atoms with Crippen molar-refractivity contribution in [3.05, 3.63) is 34.3 Å². The van der Waals surface area contributed by atoms with Crippen LogP contribution in [0.3, 0.4) is 0 Å². The minimum Gasteiger partial charge on any atom is -0.394 e. The summed E-state index contributed by atoms with van der Waals surface area (Å²) in [4.78, 5) is 11.6. The Morgan fingerprint density at radius 3 is 2.78 bits per heavy atom. The van der Waals surface area contributed by atoms with Gasteiger partial charge in [0.2, 0.25) is 5.91 Å². The lowest BCUT2D eigenvalue weighted by molar-refractivity contribution is -0.122. The molecule has 0 saturated carbocycles. The maximum atomic E-state index is 11.6. The maximum Gasteiger partial charge on any atom is 0.220 e. The summed E-state index contributed by atoms with van der Waals surface area (Å²) in [5.74, 6) is -0.0346. The molecule has 1 aromatic rings. The van der Waals surface area contributed by atoms with Crippen LogP contribution in [0.15, 0.2) is 18.2 Å². The lowest BCUT2D eigenvalue weighted by atomic mass is 10.1. The SMILES string of the molecule is CC[C@H](CO)NC(=O)CCc1ccc(C)c(Cl)c1. The van der Waals surface area contributed by atoms with Crippen LogP contribution in [0, 0.1) is 6.92 Å². The molecule has 0 aliphatic carbocycles. The molecule has 0 fully saturated rings. The van der Waals surface area contributed by atoms with Crippen molar-refractivity contribution in [1.82, 2.24) is 5.32 Å². The van der Waals surface area contributed by atoms with Gasteiger partial charge in [-0.05, 0) is 37.0 Å². The molecule has 0 aliphatic rings. The van der Waals surface area contributed by atoms with Crippen molar-refractivity contribution >= 4 is 17.5 Å². The second-order valence-corrected chi connectivity index (χ2v) is 4.85. The number of benzene rings is 1. The number of aliphatic hydroxyl groups excluding tert-OH is 1. The van der Waals surface area contributed by atoms with Crippen LogP contribution in [0.1, 0.15) is 30.9 Å². The summed E-state index contributed by atoms with van der Waals surface area (Å²) in [5.41, 5.74) is 2.09. The number of carbonyl (C=O) groups is 1. The maximum absolute atomic E-state index is 11.6. The molecule has 0 unspecified atom stereocenters. The van der Waals surface area contributed by atoms with E-state index in [2.05, 4.69) is 5.32 Å². The molecule has 1 rings (SSSR count). The monoisotopic (exact) mass is 269 g/mol. The van der Waals surface area contributed by atoms with Crippen LogP contribution in [0.25, 0.3) is 0 Å². The Bertz CT molecular complexity index is 403. The minimum atomic E-state index is -0.140. The molecule has 0 radical (unpaired) electrons. The van der Waals surface area contributed by atoms with Gasteiger partial charge in [-0.15, -0.1) is 0 Å². The molecule has 1 amide bonds. The van der Waals surface area contributed by atoms with E-state index < -0.39 is 0 Å². The Morgan fingerprint density at radius 1 is 1.50 bits per heavy atom. The van der Waals surface area contributed by atoms with Gasteiger partial charge in [0.15, 0.2) is 0 Å². The molecule has 100 valence electrons. The highest BCUT2D eigenvalue weighted by molar-refractivity contribution is 6.31. The van der Waals surface area contributed by atoms with Gasteiger partial charge in [-0.25, -0.2) is 0 Å². The number of aryl methyl sites for hydroxylation is 2. The van der Waals surface area contributed by atoms with E-state index >= 15 is 0 Å². The average molecular weight is 270 g/mol. The van der Waals surface area contributed by atoms with Gasteiger partial charge in [-0.2, -0.15) is 0 Å². The zero-order valence-corrected chi connectivity index (χ0v) is 11.6. The summed E-state index contributed by atoms with van der Waals surface area (Å²) in [6.45, 7) is 3.87. The second-order valence-electron chi connectivity index (χ2n) is 4.44. The van der Waals surface area contributed by atoms with Crippen molar-refractivity contribution in [3.8, 4) is 0 Å². The molecule has 0 aliphatic heterocycles. The molecule has 4 heteroatoms. The van der Waals surface area contributed by atoms with Gasteiger partial charge >= 0.3 is 0 Å². The number of carbonyl (C=O) groups excluding carboxylic acids is 1. The van der Waals surface area contributed by atoms with Crippen molar-refractivity contribution in [2.45, 2.75) is 39.2 Å². The van der Waals surface area contributed by atoms with Gasteiger partial charge in [0.05, 0.1) is 12.6 Å². The summed E-state index contributed by atoms with van der Waals surface area (Å²) in [5, 5.41) is 12.5. The predicted molar refractivity (Wildman–Crippen MR) is 73.8 cm³/mol. The van der Waals surface area contributed by atoms with Crippen LogP contribution in [-0.2, 0) is 11.2 Å². The minimum absolute atomic E-state index is 0.0153. The van der Waals surface area contributed by atoms with Crippen LogP contribution in [0.2, 0.25) is 5.02 Å². The summed E-state index contributed by atoms with van der Waals surface area (Å²) in [6.07, 6.45) is 1.81. The first-order valence-electron chi connectivity index (χ1n) is 6.22. The van der Waals surface area contributed by atoms with Gasteiger partial charge < -0.3 is 10.4 Å². The predicted octanol–water partition coefficient (Wildman–Crippen LogP) is 2.47. The average Bonchev–Trinajstić information content (AvgIpc) is 2.37. The summed E-state index contributed by atoms with van der Waals surface area (Å²) >= 11 is 6.02. The van der Waals surface area contributed by atoms with Gasteiger partial charge in [0.1, 0.15) is 0 Å². The van der Waals surface area contributed by atoms with E-state index in [1.807, 2.05) is 32.0 Å². The molecule has 1 aromatic carbocycles. The zero-order chi connectivity index (χ0) is 13.5. The highest BCUT2D eigenvalue weighted by atomic mass is 35.5. The van der Waals surface area contributed by atoms with Gasteiger partial charge in [0.25, 0.3) is 0 Å². The van der Waals surface area contributed by atoms with Gasteiger partial charge in [0, 0.05) is 11.4 Å². The molecule has 3 nitrogen and oxygen atoms in total. The van der Waals surface area contributed by atoms with Crippen LogP contribution in [0.4, 0.5) is 0 Å². The molecule has 18 heavy (non-hydrogen) atoms. The first-order valence-corrected chi connectivity index (χ1v) is 6.59. The lowest BCUT2D eigenvalue weighted by Crippen LogP contribution is -2.37. The summed E-state index contributed by atoms with van der Waals surface area (Å²) in [6, 6.07) is 5.70. The van der Waals surface area contributed by atoms with Crippen LogP contribution in [-0.4, -0.2) is 23.7 Å². The molecule has 1 atom stereocenters. The fraction of sp³-hybridized carbons (Fsp3) is 0.500. The van der Waals surface area contributed by atoms with Crippen LogP contribution in [0.5, 0.6) is 0 Å². The summed E-state index contributed by atoms with van der Waals surface area (Å²) < 4.78 is 0. The van der Waals surface area contributed by atoms with E-state index in [-0.39, 0.29) is 18.6 Å². The zero-order valence-electron chi connectivity index (χ0n) is 10.9. The largest absolute Gasteiger partial charge is 0.394 e. The number of hydrogen-bond acceptors (Lipinski definition) is 2. The van der Waals surface area contributed by atoms with Crippen molar-refractivity contribution in [2.24, 2.45) is 0 Å². The fourth-order valence-electron chi connectivity index (χ4n) is 1.63. The third kappa shape index (κ3) is 4.67. The van der Waals surface area contributed by atoms with E-state index in [0.717, 1.165) is 22.6 Å². The first-order chi connectivity index (χ1) is 8.56. The third-order valence-electron chi connectivity index (χ3n) is 2.96. The fourth-order valence-corrected chi connectivity index (χ4v) is 1.83. The smallest absolute Gasteiger partial charge is 0.220 e. The van der Waals surface area contributed by atoms with Crippen molar-refractivity contribution in [2.75, 3.05) is 6.61 Å². The van der Waals surface area contributed by atoms with Crippen molar-refractivity contribution in [3.63, 3.8) is 0 Å². The Hall–Kier alpha value is -1.06. The molecular weight excluding hydrogens is 250 g/mol. The van der Waals surface area contributed by atoms with E-state index in [1.54, 1.807) is 0 Å². The van der Waals surface area contributed by atoms with Crippen molar-refractivity contribution in [1.29, 1.82) is 0 Å². The van der Waals surface area contributed by atoms with Gasteiger partial charge in [-0.3, -0.25) is 4.79 Å². The molecule has 0 aromatic heterocycles. The third-order valence-corrected chi connectivity index (χ3v) is 3.36. The van der Waals surface area contributed by atoms with E-state index in [0.29, 0.717) is 12.8 Å². The number of halogens is 1. The molecular formula is C14H20ClNO2. The highest BCUT2D eigenvalue weighted by Crippen LogP contribution is 2.17. The Balaban J connectivity index is 2.44. The molecule has 0 spiro atoms. The Morgan fingerprint density at radius 2 is 2.22 bits per heavy atom. The number of nitrogens with one attached hydrogen (secondary N) is 1. The number of rotatable bonds is 6. The first kappa shape index (κ1) is 15.0.